The van der Waals surface area contributed by atoms with Gasteiger partial charge in [0.15, 0.2) is 11.6 Å². The predicted molar refractivity (Wildman–Crippen MR) is 125 cm³/mol. The number of carbonyl (C=O) groups excluding carboxylic acids is 1. The van der Waals surface area contributed by atoms with Gasteiger partial charge in [0.1, 0.15) is 6.04 Å². The number of para-hydroxylation sites is 2. The highest BCUT2D eigenvalue weighted by molar-refractivity contribution is 9.10. The van der Waals surface area contributed by atoms with Crippen LogP contribution < -0.4 is 0 Å². The third-order valence-corrected chi connectivity index (χ3v) is 6.55. The van der Waals surface area contributed by atoms with E-state index >= 15 is 0 Å². The Hall–Kier alpha value is -3.44. The van der Waals surface area contributed by atoms with Crippen molar-refractivity contribution in [3.63, 3.8) is 0 Å². The van der Waals surface area contributed by atoms with Crippen LogP contribution in [0, 0.1) is 0 Å². The number of ketones is 1. The summed E-state index contributed by atoms with van der Waals surface area (Å²) in [4.78, 5) is 18.9. The Morgan fingerprint density at radius 2 is 1.58 bits per heavy atom. The van der Waals surface area contributed by atoms with Crippen LogP contribution in [0.2, 0.25) is 0 Å². The molecule has 0 bridgehead atoms. The molecular formula is C26H18BrN3O. The molecule has 0 saturated carbocycles. The molecule has 2 atom stereocenters. The van der Waals surface area contributed by atoms with Gasteiger partial charge in [-0.25, -0.2) is 4.98 Å². The molecule has 3 heterocycles. The van der Waals surface area contributed by atoms with Crippen LogP contribution in [0.3, 0.4) is 0 Å². The topological polar surface area (TPSA) is 39.8 Å². The number of imidazole rings is 1. The van der Waals surface area contributed by atoms with Crippen molar-refractivity contribution in [1.82, 2.24) is 14.1 Å². The molecule has 31 heavy (non-hydrogen) atoms. The summed E-state index contributed by atoms with van der Waals surface area (Å²) < 4.78 is 5.33. The van der Waals surface area contributed by atoms with Crippen molar-refractivity contribution in [2.75, 3.05) is 0 Å². The van der Waals surface area contributed by atoms with E-state index in [9.17, 15) is 4.79 Å². The highest BCUT2D eigenvalue weighted by atomic mass is 79.9. The van der Waals surface area contributed by atoms with Gasteiger partial charge in [0.05, 0.1) is 22.8 Å². The smallest absolute Gasteiger partial charge is 0.188 e. The maximum Gasteiger partial charge on any atom is 0.188 e. The second kappa shape index (κ2) is 7.06. The molecule has 5 heteroatoms. The molecule has 6 rings (SSSR count). The maximum absolute atomic E-state index is 13.9. The highest BCUT2D eigenvalue weighted by Crippen LogP contribution is 2.45. The molecule has 1 aliphatic heterocycles. The summed E-state index contributed by atoms with van der Waals surface area (Å²) in [5.74, 6) is 0.977. The molecule has 0 unspecified atom stereocenters. The minimum atomic E-state index is -0.418. The Bertz CT molecular complexity index is 1420. The molecule has 2 aromatic heterocycles. The van der Waals surface area contributed by atoms with Gasteiger partial charge in [0.25, 0.3) is 0 Å². The average molecular weight is 468 g/mol. The number of rotatable bonds is 3. The molecule has 4 nitrogen and oxygen atoms in total. The van der Waals surface area contributed by atoms with E-state index in [0.29, 0.717) is 5.56 Å². The number of Topliss-reactive ketones (excluding diaryl/α,β-unsaturated/α-hetero) is 1. The van der Waals surface area contributed by atoms with Crippen LogP contribution in [0.1, 0.15) is 28.0 Å². The van der Waals surface area contributed by atoms with Crippen LogP contribution >= 0.6 is 15.9 Å². The molecule has 0 amide bonds. The lowest BCUT2D eigenvalue weighted by atomic mass is 9.90. The van der Waals surface area contributed by atoms with Crippen molar-refractivity contribution in [2.24, 2.45) is 0 Å². The van der Waals surface area contributed by atoms with Gasteiger partial charge in [0.2, 0.25) is 0 Å². The zero-order valence-corrected chi connectivity index (χ0v) is 18.1. The van der Waals surface area contributed by atoms with Gasteiger partial charge in [-0.15, -0.1) is 0 Å². The summed E-state index contributed by atoms with van der Waals surface area (Å²) in [6.07, 6.45) is 2.00. The maximum atomic E-state index is 13.9. The lowest BCUT2D eigenvalue weighted by Crippen LogP contribution is -2.34. The van der Waals surface area contributed by atoms with Crippen molar-refractivity contribution in [2.45, 2.75) is 12.1 Å². The average Bonchev–Trinajstić information content (AvgIpc) is 3.44. The summed E-state index contributed by atoms with van der Waals surface area (Å²) >= 11 is 3.54. The van der Waals surface area contributed by atoms with E-state index < -0.39 is 6.04 Å². The van der Waals surface area contributed by atoms with Gasteiger partial charge in [0, 0.05) is 16.2 Å². The molecular weight excluding hydrogens is 450 g/mol. The first-order valence-electron chi connectivity index (χ1n) is 10.2. The molecule has 0 fully saturated rings. The standard InChI is InChI=1S/C26H18BrN3O/c27-19-14-12-17(13-15-19)23-24(25(31)18-7-2-1-3-8-18)29-16-6-11-22(29)26-28-20-9-4-5-10-21(20)30(23)26/h1-16,23-24H/t23-,24+/m1/s1. The van der Waals surface area contributed by atoms with Crippen LogP contribution in [0.5, 0.6) is 0 Å². The number of carbonyl (C=O) groups is 1. The van der Waals surface area contributed by atoms with Crippen molar-refractivity contribution < 1.29 is 4.79 Å². The molecule has 150 valence electrons. The molecule has 0 radical (unpaired) electrons. The van der Waals surface area contributed by atoms with Gasteiger partial charge < -0.3 is 9.13 Å². The second-order valence-electron chi connectivity index (χ2n) is 7.77. The van der Waals surface area contributed by atoms with E-state index in [0.717, 1.165) is 32.6 Å². The number of fused-ring (bicyclic) bond motifs is 5. The molecule has 5 aromatic rings. The number of aromatic nitrogens is 3. The second-order valence-corrected chi connectivity index (χ2v) is 8.68. The van der Waals surface area contributed by atoms with E-state index in [-0.39, 0.29) is 11.8 Å². The summed E-state index contributed by atoms with van der Waals surface area (Å²) in [7, 11) is 0. The third-order valence-electron chi connectivity index (χ3n) is 6.02. The summed E-state index contributed by atoms with van der Waals surface area (Å²) in [6, 6.07) is 29.3. The Kier molecular flexibility index (Phi) is 4.18. The van der Waals surface area contributed by atoms with Crippen molar-refractivity contribution in [3.05, 3.63) is 113 Å². The normalized spacial score (nSPS) is 17.3. The molecule has 0 spiro atoms. The van der Waals surface area contributed by atoms with Crippen LogP contribution in [-0.2, 0) is 0 Å². The SMILES string of the molecule is O=C(c1ccccc1)[C@@H]1[C@@H](c2ccc(Br)cc2)n2c(nc3ccccc32)-c2cccn21. The number of hydrogen-bond acceptors (Lipinski definition) is 2. The number of benzene rings is 3. The van der Waals surface area contributed by atoms with Gasteiger partial charge in [-0.05, 0) is 42.0 Å². The number of hydrogen-bond donors (Lipinski definition) is 0. The summed E-state index contributed by atoms with van der Waals surface area (Å²) in [6.45, 7) is 0. The van der Waals surface area contributed by atoms with E-state index in [2.05, 4.69) is 43.3 Å². The monoisotopic (exact) mass is 467 g/mol. The van der Waals surface area contributed by atoms with E-state index in [1.54, 1.807) is 0 Å². The van der Waals surface area contributed by atoms with E-state index in [1.165, 1.54) is 0 Å². The quantitative estimate of drug-likeness (QED) is 0.292. The van der Waals surface area contributed by atoms with E-state index in [1.807, 2.05) is 79.0 Å². The Labute approximate surface area is 187 Å². The first kappa shape index (κ1) is 18.3. The highest BCUT2D eigenvalue weighted by Gasteiger charge is 2.40. The number of halogens is 1. The largest absolute Gasteiger partial charge is 0.332 e. The summed E-state index contributed by atoms with van der Waals surface area (Å²) in [5.41, 5.74) is 4.70. The molecule has 1 aliphatic rings. The fourth-order valence-corrected chi connectivity index (χ4v) is 4.92. The lowest BCUT2D eigenvalue weighted by Gasteiger charge is -2.35. The fraction of sp³-hybridized carbons (Fsp3) is 0.0769. The van der Waals surface area contributed by atoms with E-state index in [4.69, 9.17) is 4.98 Å². The minimum Gasteiger partial charge on any atom is -0.332 e. The fourth-order valence-electron chi connectivity index (χ4n) is 4.66. The number of nitrogens with zero attached hydrogens (tertiary/aromatic N) is 3. The molecule has 0 saturated heterocycles. The van der Waals surface area contributed by atoms with Crippen LogP contribution in [0.25, 0.3) is 22.6 Å². The minimum absolute atomic E-state index is 0.0920. The van der Waals surface area contributed by atoms with Crippen molar-refractivity contribution >= 4 is 32.7 Å². The van der Waals surface area contributed by atoms with Crippen molar-refractivity contribution in [3.8, 4) is 11.5 Å². The van der Waals surface area contributed by atoms with Crippen LogP contribution in [0.15, 0.2) is 102 Å². The van der Waals surface area contributed by atoms with Gasteiger partial charge in [-0.1, -0.05) is 70.5 Å². The predicted octanol–water partition coefficient (Wildman–Crippen LogP) is 6.29. The van der Waals surface area contributed by atoms with Gasteiger partial charge >= 0.3 is 0 Å². The van der Waals surface area contributed by atoms with Crippen molar-refractivity contribution in [1.29, 1.82) is 0 Å². The Morgan fingerprint density at radius 1 is 0.839 bits per heavy atom. The summed E-state index contributed by atoms with van der Waals surface area (Å²) in [5, 5.41) is 0. The first-order valence-corrected chi connectivity index (χ1v) is 11.0. The zero-order valence-electron chi connectivity index (χ0n) is 16.5. The lowest BCUT2D eigenvalue weighted by molar-refractivity contribution is 0.0895. The van der Waals surface area contributed by atoms with Crippen LogP contribution in [-0.4, -0.2) is 19.9 Å². The molecule has 0 N–H and O–H groups in total. The third kappa shape index (κ3) is 2.81. The zero-order chi connectivity index (χ0) is 20.9. The molecule has 3 aromatic carbocycles. The van der Waals surface area contributed by atoms with Gasteiger partial charge in [-0.2, -0.15) is 0 Å². The first-order chi connectivity index (χ1) is 15.2. The Morgan fingerprint density at radius 3 is 2.39 bits per heavy atom. The Balaban J connectivity index is 1.66. The molecule has 0 aliphatic carbocycles. The van der Waals surface area contributed by atoms with Gasteiger partial charge in [-0.3, -0.25) is 4.79 Å². The van der Waals surface area contributed by atoms with Crippen LogP contribution in [0.4, 0.5) is 0 Å².